The summed E-state index contributed by atoms with van der Waals surface area (Å²) < 4.78 is 5.80. The molecule has 0 saturated heterocycles. The van der Waals surface area contributed by atoms with Crippen LogP contribution in [0, 0.1) is 0 Å². The number of hydrogen-bond donors (Lipinski definition) is 3. The van der Waals surface area contributed by atoms with E-state index in [0.717, 1.165) is 27.8 Å². The molecule has 8 nitrogen and oxygen atoms in total. The van der Waals surface area contributed by atoms with Gasteiger partial charge in [-0.15, -0.1) is 5.11 Å². The van der Waals surface area contributed by atoms with E-state index in [1.807, 2.05) is 48.5 Å². The van der Waals surface area contributed by atoms with Gasteiger partial charge in [0.2, 0.25) is 0 Å². The maximum atomic E-state index is 12.6. The molecule has 3 N–H and O–H groups in total. The molecule has 5 rings (SSSR count). The first kappa shape index (κ1) is 23.7. The fraction of sp³-hybridized carbons (Fsp3) is 0.103. The van der Waals surface area contributed by atoms with Crippen molar-refractivity contribution >= 4 is 23.4 Å². The van der Waals surface area contributed by atoms with Crippen LogP contribution in [0.15, 0.2) is 101 Å². The van der Waals surface area contributed by atoms with Crippen molar-refractivity contribution in [1.82, 2.24) is 5.32 Å². The van der Waals surface area contributed by atoms with Gasteiger partial charge in [0.05, 0.1) is 11.3 Å². The van der Waals surface area contributed by atoms with E-state index in [1.54, 1.807) is 12.1 Å². The Labute approximate surface area is 212 Å². The third kappa shape index (κ3) is 5.18. The number of ether oxygens (including phenoxy) is 1. The van der Waals surface area contributed by atoms with E-state index in [1.165, 1.54) is 30.3 Å². The largest absolute Gasteiger partial charge is 0.506 e. The maximum Gasteiger partial charge on any atom is 0.408 e. The van der Waals surface area contributed by atoms with Gasteiger partial charge in [0.15, 0.2) is 6.10 Å². The van der Waals surface area contributed by atoms with Crippen LogP contribution in [0.5, 0.6) is 5.75 Å². The van der Waals surface area contributed by atoms with Gasteiger partial charge in [-0.1, -0.05) is 54.6 Å². The van der Waals surface area contributed by atoms with Crippen LogP contribution in [0.3, 0.4) is 0 Å². The van der Waals surface area contributed by atoms with Crippen LogP contribution >= 0.6 is 0 Å². The number of phenolic OH excluding ortho intramolecular Hbond substituents is 1. The zero-order valence-corrected chi connectivity index (χ0v) is 19.7. The molecule has 0 fully saturated rings. The Morgan fingerprint density at radius 2 is 1.49 bits per heavy atom. The van der Waals surface area contributed by atoms with E-state index >= 15 is 0 Å². The molecule has 8 heteroatoms. The number of amides is 1. The summed E-state index contributed by atoms with van der Waals surface area (Å²) in [5.41, 5.74) is 5.77. The second-order valence-corrected chi connectivity index (χ2v) is 8.51. The minimum absolute atomic E-state index is 0.0411. The summed E-state index contributed by atoms with van der Waals surface area (Å²) in [4.78, 5) is 23.6. The Balaban J connectivity index is 1.19. The van der Waals surface area contributed by atoms with Gasteiger partial charge in [0.1, 0.15) is 11.4 Å². The fourth-order valence-electron chi connectivity index (χ4n) is 4.28. The molecule has 0 unspecified atom stereocenters. The Hall–Kier alpha value is -4.98. The third-order valence-corrected chi connectivity index (χ3v) is 6.11. The zero-order valence-electron chi connectivity index (χ0n) is 19.7. The second kappa shape index (κ2) is 10.3. The lowest BCUT2D eigenvalue weighted by atomic mass is 10.1. The molecule has 4 aromatic rings. The van der Waals surface area contributed by atoms with Gasteiger partial charge in [-0.25, -0.2) is 9.59 Å². The molecule has 0 spiro atoms. The molecule has 1 amide bonds. The number of rotatable bonds is 7. The van der Waals surface area contributed by atoms with Crippen LogP contribution in [0.2, 0.25) is 0 Å². The van der Waals surface area contributed by atoms with Crippen LogP contribution in [0.4, 0.5) is 16.2 Å². The molecule has 0 atom stereocenters. The van der Waals surface area contributed by atoms with Gasteiger partial charge in [0, 0.05) is 17.7 Å². The Kier molecular flexibility index (Phi) is 6.63. The molecule has 0 aliphatic heterocycles. The summed E-state index contributed by atoms with van der Waals surface area (Å²) >= 11 is 0. The Morgan fingerprint density at radius 1 is 0.838 bits per heavy atom. The monoisotopic (exact) mass is 493 g/mol. The number of azo groups is 1. The second-order valence-electron chi connectivity index (χ2n) is 8.51. The smallest absolute Gasteiger partial charge is 0.408 e. The summed E-state index contributed by atoms with van der Waals surface area (Å²) in [5, 5.41) is 30.1. The number of carbonyl (C=O) groups excluding carboxylic acids is 1. The lowest BCUT2D eigenvalue weighted by molar-refractivity contribution is 0.0696. The summed E-state index contributed by atoms with van der Waals surface area (Å²) in [6.07, 6.45) is -0.485. The van der Waals surface area contributed by atoms with E-state index in [4.69, 9.17) is 9.84 Å². The lowest BCUT2D eigenvalue weighted by Crippen LogP contribution is -2.27. The van der Waals surface area contributed by atoms with Crippen molar-refractivity contribution in [2.24, 2.45) is 10.2 Å². The first-order valence-electron chi connectivity index (χ1n) is 11.7. The number of aromatic carboxylic acids is 1. The van der Waals surface area contributed by atoms with Crippen LogP contribution in [0.1, 0.15) is 33.2 Å². The lowest BCUT2D eigenvalue weighted by Gasteiger charge is -2.15. The molecule has 0 radical (unpaired) electrons. The molecular formula is C29H23N3O5. The molecule has 0 bridgehead atoms. The number of aromatic hydroxyl groups is 1. The zero-order chi connectivity index (χ0) is 25.8. The summed E-state index contributed by atoms with van der Waals surface area (Å²) in [5.74, 6) is -1.07. The minimum atomic E-state index is -1.02. The van der Waals surface area contributed by atoms with Crippen molar-refractivity contribution in [3.63, 3.8) is 0 Å². The van der Waals surface area contributed by atoms with E-state index in [0.29, 0.717) is 18.7 Å². The molecule has 4 aromatic carbocycles. The third-order valence-electron chi connectivity index (χ3n) is 6.11. The van der Waals surface area contributed by atoms with Crippen molar-refractivity contribution < 1.29 is 24.5 Å². The van der Waals surface area contributed by atoms with E-state index < -0.39 is 18.2 Å². The van der Waals surface area contributed by atoms with Gasteiger partial charge in [-0.05, 0) is 59.5 Å². The van der Waals surface area contributed by atoms with Crippen molar-refractivity contribution in [3.05, 3.63) is 113 Å². The number of carbonyl (C=O) groups is 2. The van der Waals surface area contributed by atoms with Crippen LogP contribution < -0.4 is 5.32 Å². The van der Waals surface area contributed by atoms with Gasteiger partial charge >= 0.3 is 12.1 Å². The predicted molar refractivity (Wildman–Crippen MR) is 138 cm³/mol. The summed E-state index contributed by atoms with van der Waals surface area (Å²) in [6, 6.07) is 26.7. The van der Waals surface area contributed by atoms with Gasteiger partial charge in [-0.3, -0.25) is 0 Å². The highest BCUT2D eigenvalue weighted by Crippen LogP contribution is 2.45. The summed E-state index contributed by atoms with van der Waals surface area (Å²) in [6.45, 7) is 0.326. The molecule has 184 valence electrons. The van der Waals surface area contributed by atoms with Crippen LogP contribution in [0.25, 0.3) is 11.1 Å². The molecule has 37 heavy (non-hydrogen) atoms. The molecule has 0 aromatic heterocycles. The van der Waals surface area contributed by atoms with E-state index in [9.17, 15) is 14.7 Å². The first-order chi connectivity index (χ1) is 18.0. The number of alkyl carbamates (subject to hydrolysis) is 1. The maximum absolute atomic E-state index is 12.6. The van der Waals surface area contributed by atoms with Crippen molar-refractivity contribution in [2.75, 3.05) is 6.54 Å². The number of benzene rings is 4. The molecule has 1 aliphatic rings. The van der Waals surface area contributed by atoms with Crippen LogP contribution in [-0.4, -0.2) is 28.8 Å². The number of fused-ring (bicyclic) bond motifs is 3. The number of carboxylic acids is 1. The van der Waals surface area contributed by atoms with E-state index in [2.05, 4.69) is 15.5 Å². The van der Waals surface area contributed by atoms with E-state index in [-0.39, 0.29) is 17.0 Å². The number of phenols is 1. The van der Waals surface area contributed by atoms with Crippen molar-refractivity contribution in [3.8, 4) is 16.9 Å². The molecular weight excluding hydrogens is 470 g/mol. The molecule has 0 heterocycles. The van der Waals surface area contributed by atoms with Gasteiger partial charge < -0.3 is 20.3 Å². The normalized spacial score (nSPS) is 12.2. The van der Waals surface area contributed by atoms with Crippen LogP contribution in [-0.2, 0) is 11.2 Å². The number of nitrogens with one attached hydrogen (secondary N) is 1. The average Bonchev–Trinajstić information content (AvgIpc) is 3.22. The highest BCUT2D eigenvalue weighted by atomic mass is 16.6. The number of carboxylic acid groups (broad SMARTS) is 1. The minimum Gasteiger partial charge on any atom is -0.506 e. The summed E-state index contributed by atoms with van der Waals surface area (Å²) in [7, 11) is 0. The van der Waals surface area contributed by atoms with Gasteiger partial charge in [0.25, 0.3) is 0 Å². The van der Waals surface area contributed by atoms with Crippen molar-refractivity contribution in [2.45, 2.75) is 12.5 Å². The Morgan fingerprint density at radius 3 is 2.14 bits per heavy atom. The topological polar surface area (TPSA) is 121 Å². The Bertz CT molecular complexity index is 1450. The predicted octanol–water partition coefficient (Wildman–Crippen LogP) is 6.54. The quantitative estimate of drug-likeness (QED) is 0.252. The van der Waals surface area contributed by atoms with Gasteiger partial charge in [-0.2, -0.15) is 5.11 Å². The fourth-order valence-corrected chi connectivity index (χ4v) is 4.28. The highest BCUT2D eigenvalue weighted by Gasteiger charge is 2.30. The highest BCUT2D eigenvalue weighted by molar-refractivity contribution is 5.87. The first-order valence-corrected chi connectivity index (χ1v) is 11.7. The van der Waals surface area contributed by atoms with Crippen molar-refractivity contribution in [1.29, 1.82) is 0 Å². The number of hydrogen-bond acceptors (Lipinski definition) is 6. The standard InChI is InChI=1S/C29H23N3O5/c33-26-14-9-18(17-25(26)32-31-20-12-10-19(11-13-20)28(34)35)15-16-30-29(36)37-27-23-7-3-1-5-21(23)22-6-2-4-8-24(22)27/h1-14,17,27,33H,15-16H2,(H,30,36)(H,34,35). The average molecular weight is 494 g/mol. The number of nitrogens with zero attached hydrogens (tertiary/aromatic N) is 2. The molecule has 0 saturated carbocycles. The SMILES string of the molecule is O=C(NCCc1ccc(O)c(N=Nc2ccc(C(=O)O)cc2)c1)OC1c2ccccc2-c2ccccc21. The molecule has 1 aliphatic carbocycles.